The van der Waals surface area contributed by atoms with Gasteiger partial charge in [-0.2, -0.15) is 0 Å². The maximum atomic E-state index is 12.5. The van der Waals surface area contributed by atoms with Gasteiger partial charge in [-0.1, -0.05) is 18.2 Å². The Hall–Kier alpha value is -3.28. The molecule has 3 N–H and O–H groups in total. The minimum atomic E-state index is -0.815. The van der Waals surface area contributed by atoms with Crippen LogP contribution in [0.2, 0.25) is 0 Å². The summed E-state index contributed by atoms with van der Waals surface area (Å²) in [6.45, 7) is 0. The van der Waals surface area contributed by atoms with Crippen LogP contribution >= 0.6 is 0 Å². The molecule has 0 aliphatic heterocycles. The average Bonchev–Trinajstić information content (AvgIpc) is 2.60. The van der Waals surface area contributed by atoms with E-state index < -0.39 is 11.6 Å². The second-order valence-electron chi connectivity index (χ2n) is 5.22. The first-order chi connectivity index (χ1) is 11.5. The maximum Gasteiger partial charge on any atom is 0.237 e. The van der Waals surface area contributed by atoms with E-state index in [0.717, 1.165) is 0 Å². The summed E-state index contributed by atoms with van der Waals surface area (Å²) in [7, 11) is 2.86. The summed E-state index contributed by atoms with van der Waals surface area (Å²) >= 11 is 0. The van der Waals surface area contributed by atoms with Crippen molar-refractivity contribution in [2.75, 3.05) is 20.0 Å². The number of carbonyl (C=O) groups excluding carboxylic acids is 2. The summed E-state index contributed by atoms with van der Waals surface area (Å²) < 4.78 is 10.3. The first-order valence-electron chi connectivity index (χ1n) is 7.13. The van der Waals surface area contributed by atoms with Crippen LogP contribution in [0.25, 0.3) is 11.3 Å². The molecule has 6 nitrogen and oxygen atoms in total. The highest BCUT2D eigenvalue weighted by Crippen LogP contribution is 2.40. The highest BCUT2D eigenvalue weighted by Gasteiger charge is 2.35. The molecule has 1 aliphatic carbocycles. The summed E-state index contributed by atoms with van der Waals surface area (Å²) in [5, 5.41) is 10.6. The molecule has 2 aromatic rings. The lowest BCUT2D eigenvalue weighted by Crippen LogP contribution is -2.24. The third-order valence-corrected chi connectivity index (χ3v) is 3.92. The number of methoxy groups -OCH3 is 2. The lowest BCUT2D eigenvalue weighted by atomic mass is 9.84. The van der Waals surface area contributed by atoms with E-state index in [2.05, 4.69) is 0 Å². The van der Waals surface area contributed by atoms with Gasteiger partial charge in [-0.15, -0.1) is 0 Å². The quantitative estimate of drug-likeness (QED) is 0.664. The summed E-state index contributed by atoms with van der Waals surface area (Å²) in [5.74, 6) is -1.22. The molecule has 0 amide bonds. The van der Waals surface area contributed by atoms with E-state index in [0.29, 0.717) is 22.7 Å². The van der Waals surface area contributed by atoms with Gasteiger partial charge in [0.1, 0.15) is 5.76 Å². The van der Waals surface area contributed by atoms with Crippen LogP contribution < -0.4 is 15.2 Å². The second-order valence-corrected chi connectivity index (χ2v) is 5.22. The predicted molar refractivity (Wildman–Crippen MR) is 89.2 cm³/mol. The molecule has 0 radical (unpaired) electrons. The van der Waals surface area contributed by atoms with Crippen LogP contribution in [0.3, 0.4) is 0 Å². The molecular formula is C18H15NO5. The molecule has 0 bridgehead atoms. The lowest BCUT2D eigenvalue weighted by molar-refractivity contribution is -0.110. The number of para-hydroxylation sites is 1. The normalized spacial score (nSPS) is 13.8. The lowest BCUT2D eigenvalue weighted by Gasteiger charge is -2.20. The van der Waals surface area contributed by atoms with Gasteiger partial charge in [0.05, 0.1) is 19.8 Å². The number of carbonyl (C=O) groups is 2. The highest BCUT2D eigenvalue weighted by molar-refractivity contribution is 6.62. The zero-order chi connectivity index (χ0) is 17.4. The van der Waals surface area contributed by atoms with E-state index in [1.54, 1.807) is 24.3 Å². The number of aliphatic hydroxyl groups is 1. The van der Waals surface area contributed by atoms with Crippen molar-refractivity contribution >= 4 is 28.6 Å². The number of hydrogen-bond acceptors (Lipinski definition) is 6. The fourth-order valence-corrected chi connectivity index (χ4v) is 2.72. The fourth-order valence-electron chi connectivity index (χ4n) is 2.72. The molecule has 0 unspecified atom stereocenters. The summed E-state index contributed by atoms with van der Waals surface area (Å²) in [5.41, 5.74) is 6.65. The summed E-state index contributed by atoms with van der Waals surface area (Å²) in [4.78, 5) is 25.0. The molecule has 6 heteroatoms. The molecule has 0 saturated carbocycles. The maximum absolute atomic E-state index is 12.5. The predicted octanol–water partition coefficient (Wildman–Crippen LogP) is 2.48. The van der Waals surface area contributed by atoms with Crippen molar-refractivity contribution in [1.82, 2.24) is 0 Å². The van der Waals surface area contributed by atoms with E-state index in [4.69, 9.17) is 15.2 Å². The molecule has 24 heavy (non-hydrogen) atoms. The Kier molecular flexibility index (Phi) is 3.73. The van der Waals surface area contributed by atoms with Gasteiger partial charge in [0.2, 0.25) is 11.6 Å². The molecule has 122 valence electrons. The van der Waals surface area contributed by atoms with Crippen LogP contribution in [0.1, 0.15) is 21.5 Å². The Morgan fingerprint density at radius 1 is 0.875 bits per heavy atom. The molecule has 2 aromatic carbocycles. The Balaban J connectivity index is 2.32. The van der Waals surface area contributed by atoms with Crippen molar-refractivity contribution in [2.24, 2.45) is 0 Å². The highest BCUT2D eigenvalue weighted by atomic mass is 16.5. The Morgan fingerprint density at radius 2 is 1.46 bits per heavy atom. The van der Waals surface area contributed by atoms with Gasteiger partial charge in [-0.05, 0) is 18.2 Å². The molecule has 1 aliphatic rings. The molecule has 0 fully saturated rings. The topological polar surface area (TPSA) is 98.8 Å². The number of ketones is 2. The van der Waals surface area contributed by atoms with Crippen LogP contribution in [0.15, 0.2) is 36.4 Å². The smallest absolute Gasteiger partial charge is 0.237 e. The summed E-state index contributed by atoms with van der Waals surface area (Å²) in [6.07, 6.45) is 0. The van der Waals surface area contributed by atoms with Crippen molar-refractivity contribution in [1.29, 1.82) is 0 Å². The second kappa shape index (κ2) is 5.73. The van der Waals surface area contributed by atoms with Gasteiger partial charge < -0.3 is 20.3 Å². The van der Waals surface area contributed by atoms with Crippen molar-refractivity contribution < 1.29 is 24.2 Å². The van der Waals surface area contributed by atoms with Crippen LogP contribution in [0, 0.1) is 0 Å². The molecule has 0 aromatic heterocycles. The van der Waals surface area contributed by atoms with Crippen LogP contribution in [0.4, 0.5) is 5.69 Å². The van der Waals surface area contributed by atoms with E-state index in [9.17, 15) is 14.7 Å². The molecule has 0 atom stereocenters. The zero-order valence-electron chi connectivity index (χ0n) is 13.1. The number of fused-ring (bicyclic) bond motifs is 1. The Morgan fingerprint density at radius 3 is 2.04 bits per heavy atom. The molecule has 0 saturated heterocycles. The minimum Gasteiger partial charge on any atom is -0.506 e. The Bertz CT molecular complexity index is 898. The van der Waals surface area contributed by atoms with Crippen molar-refractivity contribution in [3.05, 3.63) is 53.1 Å². The van der Waals surface area contributed by atoms with Gasteiger partial charge in [0.25, 0.3) is 0 Å². The SMILES string of the molecule is COc1cc2c(cc1OC)C(O)=C(c1ccccc1N)C(=O)C2=O. The van der Waals surface area contributed by atoms with Crippen LogP contribution in [-0.4, -0.2) is 30.9 Å². The number of Topliss-reactive ketones (excluding diaryl/α,β-unsaturated/α-hetero) is 2. The third kappa shape index (κ3) is 2.20. The monoisotopic (exact) mass is 325 g/mol. The Labute approximate surface area is 138 Å². The van der Waals surface area contributed by atoms with E-state index in [1.165, 1.54) is 26.4 Å². The van der Waals surface area contributed by atoms with Gasteiger partial charge in [0, 0.05) is 22.4 Å². The number of rotatable bonds is 3. The van der Waals surface area contributed by atoms with Crippen LogP contribution in [0.5, 0.6) is 11.5 Å². The number of benzene rings is 2. The molecule has 0 spiro atoms. The van der Waals surface area contributed by atoms with Crippen LogP contribution in [-0.2, 0) is 4.79 Å². The van der Waals surface area contributed by atoms with Crippen molar-refractivity contribution in [3.8, 4) is 11.5 Å². The van der Waals surface area contributed by atoms with Gasteiger partial charge >= 0.3 is 0 Å². The van der Waals surface area contributed by atoms with Gasteiger partial charge in [0.15, 0.2) is 11.5 Å². The number of hydrogen-bond donors (Lipinski definition) is 2. The summed E-state index contributed by atoms with van der Waals surface area (Å²) in [6, 6.07) is 9.40. The largest absolute Gasteiger partial charge is 0.506 e. The number of nitrogen functional groups attached to an aromatic ring is 1. The fraction of sp³-hybridized carbons (Fsp3) is 0.111. The average molecular weight is 325 g/mol. The first-order valence-corrected chi connectivity index (χ1v) is 7.13. The molecule has 3 rings (SSSR count). The van der Waals surface area contributed by atoms with E-state index in [-0.39, 0.29) is 22.5 Å². The first kappa shape index (κ1) is 15.6. The third-order valence-electron chi connectivity index (χ3n) is 3.92. The van der Waals surface area contributed by atoms with E-state index in [1.807, 2.05) is 0 Å². The molecular weight excluding hydrogens is 310 g/mol. The standard InChI is InChI=1S/C18H15NO5/c1-23-13-7-10-11(8-14(13)24-2)17(21)18(22)15(16(10)20)9-5-3-4-6-12(9)19/h3-8,20H,19H2,1-2H3. The van der Waals surface area contributed by atoms with Crippen molar-refractivity contribution in [3.63, 3.8) is 0 Å². The number of ether oxygens (including phenoxy) is 2. The van der Waals surface area contributed by atoms with Gasteiger partial charge in [-0.3, -0.25) is 9.59 Å². The van der Waals surface area contributed by atoms with Crippen molar-refractivity contribution in [2.45, 2.75) is 0 Å². The minimum absolute atomic E-state index is 0.0633. The number of allylic oxidation sites excluding steroid dienone is 1. The number of aliphatic hydroxyl groups excluding tert-OH is 1. The number of anilines is 1. The number of nitrogens with two attached hydrogens (primary N) is 1. The molecule has 0 heterocycles. The zero-order valence-corrected chi connectivity index (χ0v) is 13.1. The van der Waals surface area contributed by atoms with E-state index >= 15 is 0 Å². The van der Waals surface area contributed by atoms with Gasteiger partial charge in [-0.25, -0.2) is 0 Å².